The van der Waals surface area contributed by atoms with E-state index in [1.165, 1.54) is 19.2 Å². The summed E-state index contributed by atoms with van der Waals surface area (Å²) in [5.41, 5.74) is 7.65. The molecule has 2 aliphatic rings. The van der Waals surface area contributed by atoms with E-state index < -0.39 is 5.91 Å². The van der Waals surface area contributed by atoms with Crippen LogP contribution in [0.1, 0.15) is 42.2 Å². The summed E-state index contributed by atoms with van der Waals surface area (Å²) in [7, 11) is 0. The number of amides is 2. The maximum atomic E-state index is 13.3. The van der Waals surface area contributed by atoms with Gasteiger partial charge >= 0.3 is 6.01 Å². The molecule has 0 aliphatic carbocycles. The molecule has 2 aliphatic heterocycles. The van der Waals surface area contributed by atoms with Gasteiger partial charge in [-0.1, -0.05) is 17.7 Å². The predicted molar refractivity (Wildman–Crippen MR) is 146 cm³/mol. The number of rotatable bonds is 6. The molecule has 2 fully saturated rings. The van der Waals surface area contributed by atoms with Crippen molar-refractivity contribution >= 4 is 57.4 Å². The molecule has 1 aromatic carbocycles. The number of anilines is 2. The van der Waals surface area contributed by atoms with Crippen LogP contribution in [0.15, 0.2) is 41.1 Å². The van der Waals surface area contributed by atoms with Crippen molar-refractivity contribution in [3.8, 4) is 0 Å². The minimum atomic E-state index is -0.563. The first-order valence-corrected chi connectivity index (χ1v) is 13.4. The largest absolute Gasteiger partial charge is 0.423 e. The summed E-state index contributed by atoms with van der Waals surface area (Å²) in [5.74, 6) is -0.459. The molecule has 0 bridgehead atoms. The van der Waals surface area contributed by atoms with E-state index in [0.717, 1.165) is 32.5 Å². The Morgan fingerprint density at radius 2 is 2.03 bits per heavy atom. The molecule has 0 unspecified atom stereocenters. The summed E-state index contributed by atoms with van der Waals surface area (Å²) < 4.78 is 7.32. The second-order valence-corrected chi connectivity index (χ2v) is 10.3. The number of hydrogen-bond donors (Lipinski definition) is 2. The van der Waals surface area contributed by atoms with Crippen molar-refractivity contribution in [1.29, 1.82) is 0 Å². The summed E-state index contributed by atoms with van der Waals surface area (Å²) in [6.07, 6.45) is 8.94. The number of aromatic nitrogens is 5. The first kappa shape index (κ1) is 25.3. The van der Waals surface area contributed by atoms with Gasteiger partial charge in [0.2, 0.25) is 5.91 Å². The zero-order valence-corrected chi connectivity index (χ0v) is 22.0. The van der Waals surface area contributed by atoms with Gasteiger partial charge in [0.05, 0.1) is 11.4 Å². The lowest BCUT2D eigenvalue weighted by molar-refractivity contribution is -0.127. The van der Waals surface area contributed by atoms with Crippen LogP contribution in [0.3, 0.4) is 0 Å². The van der Waals surface area contributed by atoms with E-state index in [-0.39, 0.29) is 29.5 Å². The first-order chi connectivity index (χ1) is 19.0. The van der Waals surface area contributed by atoms with Gasteiger partial charge in [0.1, 0.15) is 17.7 Å². The van der Waals surface area contributed by atoms with Crippen molar-refractivity contribution in [2.45, 2.75) is 31.7 Å². The standard InChI is InChI=1S/C26H28ClN9O3/c27-16-7-8-19-18(13-16)31-26(39-19)32-25(38)22-21-23(28)29-15-30-24(21)36(33-22)17-5-3-12-35(14-17)20(37)6-4-11-34-9-1-2-10-34/h4,6-8,13,15,17H,1-3,5,9-12,14H2,(H2,28,29,30)(H,31,32,38)/t17-/m1/s1. The summed E-state index contributed by atoms with van der Waals surface area (Å²) in [5, 5.41) is 8.11. The molecule has 6 rings (SSSR count). The van der Waals surface area contributed by atoms with Gasteiger partial charge in [0, 0.05) is 30.7 Å². The molecular weight excluding hydrogens is 522 g/mol. The lowest BCUT2D eigenvalue weighted by Crippen LogP contribution is -2.40. The normalized spacial score (nSPS) is 18.5. The fourth-order valence-corrected chi connectivity index (χ4v) is 5.41. The third-order valence-corrected chi connectivity index (χ3v) is 7.42. The minimum absolute atomic E-state index is 0.00513. The van der Waals surface area contributed by atoms with Crippen molar-refractivity contribution < 1.29 is 14.0 Å². The number of hydrogen-bond acceptors (Lipinski definition) is 9. The average Bonchev–Trinajstić information content (AvgIpc) is 3.67. The number of carbonyl (C=O) groups excluding carboxylic acids is 2. The first-order valence-electron chi connectivity index (χ1n) is 13.0. The molecule has 12 nitrogen and oxygen atoms in total. The number of carbonyl (C=O) groups is 2. The lowest BCUT2D eigenvalue weighted by Gasteiger charge is -2.32. The van der Waals surface area contributed by atoms with E-state index in [1.54, 1.807) is 29.0 Å². The molecule has 202 valence electrons. The number of nitrogens with one attached hydrogen (secondary N) is 1. The number of likely N-dealkylation sites (tertiary alicyclic amines) is 2. The highest BCUT2D eigenvalue weighted by molar-refractivity contribution is 6.31. The topological polar surface area (TPSA) is 148 Å². The van der Waals surface area contributed by atoms with Gasteiger partial charge in [-0.05, 0) is 57.0 Å². The van der Waals surface area contributed by atoms with Crippen LogP contribution in [0.2, 0.25) is 5.02 Å². The van der Waals surface area contributed by atoms with Crippen molar-refractivity contribution in [2.24, 2.45) is 0 Å². The fourth-order valence-electron chi connectivity index (χ4n) is 5.25. The molecule has 0 spiro atoms. The highest BCUT2D eigenvalue weighted by Gasteiger charge is 2.30. The van der Waals surface area contributed by atoms with Crippen LogP contribution in [-0.4, -0.2) is 79.1 Å². The molecule has 39 heavy (non-hydrogen) atoms. The number of benzene rings is 1. The van der Waals surface area contributed by atoms with Crippen LogP contribution in [0.25, 0.3) is 22.1 Å². The number of piperidine rings is 1. The number of nitrogens with two attached hydrogens (primary N) is 1. The zero-order valence-electron chi connectivity index (χ0n) is 21.2. The molecule has 5 heterocycles. The van der Waals surface area contributed by atoms with E-state index in [1.807, 2.05) is 11.0 Å². The molecule has 1 atom stereocenters. The van der Waals surface area contributed by atoms with E-state index in [9.17, 15) is 9.59 Å². The second kappa shape index (κ2) is 10.6. The molecule has 2 saturated heterocycles. The van der Waals surface area contributed by atoms with Crippen molar-refractivity contribution in [3.05, 3.63) is 47.4 Å². The smallest absolute Gasteiger partial charge is 0.302 e. The maximum absolute atomic E-state index is 13.3. The lowest BCUT2D eigenvalue weighted by atomic mass is 10.1. The van der Waals surface area contributed by atoms with E-state index in [2.05, 4.69) is 30.3 Å². The Balaban J connectivity index is 1.23. The Kier molecular flexibility index (Phi) is 6.88. The van der Waals surface area contributed by atoms with Crippen molar-refractivity contribution in [2.75, 3.05) is 43.8 Å². The van der Waals surface area contributed by atoms with Gasteiger partial charge in [-0.3, -0.25) is 19.8 Å². The van der Waals surface area contributed by atoms with Crippen LogP contribution < -0.4 is 11.1 Å². The Bertz CT molecular complexity index is 1570. The summed E-state index contributed by atoms with van der Waals surface area (Å²) >= 11 is 6.03. The number of nitrogens with zero attached hydrogens (tertiary/aromatic N) is 7. The predicted octanol–water partition coefficient (Wildman–Crippen LogP) is 3.27. The third-order valence-electron chi connectivity index (χ3n) is 7.18. The maximum Gasteiger partial charge on any atom is 0.302 e. The quantitative estimate of drug-likeness (QED) is 0.345. The minimum Gasteiger partial charge on any atom is -0.423 e. The van der Waals surface area contributed by atoms with E-state index in [4.69, 9.17) is 21.8 Å². The van der Waals surface area contributed by atoms with Crippen LogP contribution in [-0.2, 0) is 4.79 Å². The molecular formula is C26H28ClN9O3. The Hall–Kier alpha value is -4.03. The molecule has 0 saturated carbocycles. The molecule has 3 N–H and O–H groups in total. The van der Waals surface area contributed by atoms with Crippen LogP contribution in [0.4, 0.5) is 11.8 Å². The van der Waals surface area contributed by atoms with Gasteiger partial charge in [-0.15, -0.1) is 0 Å². The Morgan fingerprint density at radius 3 is 2.87 bits per heavy atom. The van der Waals surface area contributed by atoms with Gasteiger partial charge in [-0.2, -0.15) is 10.1 Å². The van der Waals surface area contributed by atoms with Crippen LogP contribution >= 0.6 is 11.6 Å². The van der Waals surface area contributed by atoms with Crippen molar-refractivity contribution in [3.63, 3.8) is 0 Å². The van der Waals surface area contributed by atoms with Gasteiger partial charge in [-0.25, -0.2) is 14.6 Å². The monoisotopic (exact) mass is 549 g/mol. The number of halogens is 1. The highest BCUT2D eigenvalue weighted by atomic mass is 35.5. The summed E-state index contributed by atoms with van der Waals surface area (Å²) in [6, 6.07) is 4.82. The molecule has 3 aromatic heterocycles. The molecule has 13 heteroatoms. The number of oxazole rings is 1. The van der Waals surface area contributed by atoms with Gasteiger partial charge < -0.3 is 15.1 Å². The fraction of sp³-hybridized carbons (Fsp3) is 0.385. The van der Waals surface area contributed by atoms with E-state index >= 15 is 0 Å². The Morgan fingerprint density at radius 1 is 1.18 bits per heavy atom. The zero-order chi connectivity index (χ0) is 26.9. The second-order valence-electron chi connectivity index (χ2n) is 9.83. The number of nitrogen functional groups attached to an aromatic ring is 1. The van der Waals surface area contributed by atoms with Gasteiger partial charge in [0.15, 0.2) is 16.9 Å². The highest BCUT2D eigenvalue weighted by Crippen LogP contribution is 2.30. The van der Waals surface area contributed by atoms with Crippen LogP contribution in [0, 0.1) is 0 Å². The number of fused-ring (bicyclic) bond motifs is 2. The van der Waals surface area contributed by atoms with Crippen molar-refractivity contribution in [1.82, 2.24) is 34.5 Å². The molecule has 0 radical (unpaired) electrons. The Labute approximate surface area is 228 Å². The molecule has 4 aromatic rings. The van der Waals surface area contributed by atoms with Gasteiger partial charge in [0.25, 0.3) is 5.91 Å². The summed E-state index contributed by atoms with van der Waals surface area (Å²) in [4.78, 5) is 43.1. The summed E-state index contributed by atoms with van der Waals surface area (Å²) in [6.45, 7) is 4.06. The third kappa shape index (κ3) is 5.17. The van der Waals surface area contributed by atoms with Crippen LogP contribution in [0.5, 0.6) is 0 Å². The SMILES string of the molecule is Nc1ncnc2c1c(C(=O)Nc1nc3cc(Cl)ccc3o1)nn2[C@@H]1CCCN(C(=O)C=CCN2CCCC2)C1. The van der Waals surface area contributed by atoms with E-state index in [0.29, 0.717) is 40.2 Å². The molecule has 2 amide bonds. The average molecular weight is 550 g/mol.